The minimum Gasteiger partial charge on any atom is -0.394 e. The summed E-state index contributed by atoms with van der Waals surface area (Å²) in [7, 11) is 0. The van der Waals surface area contributed by atoms with Crippen LogP contribution < -0.4 is 5.32 Å². The van der Waals surface area contributed by atoms with Crippen LogP contribution in [0, 0.1) is 5.92 Å². The van der Waals surface area contributed by atoms with Crippen LogP contribution in [-0.4, -0.2) is 47.8 Å². The number of rotatable bonds is 7. The van der Waals surface area contributed by atoms with Gasteiger partial charge in [-0.3, -0.25) is 0 Å². The van der Waals surface area contributed by atoms with Gasteiger partial charge in [-0.05, 0) is 52.1 Å². The molecule has 1 saturated heterocycles. The second-order valence-corrected chi connectivity index (χ2v) is 6.09. The average molecular weight is 242 g/mol. The first-order valence-corrected chi connectivity index (χ1v) is 7.10. The molecule has 3 nitrogen and oxygen atoms in total. The van der Waals surface area contributed by atoms with E-state index in [2.05, 4.69) is 37.9 Å². The van der Waals surface area contributed by atoms with E-state index in [4.69, 9.17) is 0 Å². The summed E-state index contributed by atoms with van der Waals surface area (Å²) in [6, 6.07) is 0.557. The lowest BCUT2D eigenvalue weighted by Gasteiger charge is -2.35. The maximum absolute atomic E-state index is 9.57. The van der Waals surface area contributed by atoms with E-state index < -0.39 is 0 Å². The van der Waals surface area contributed by atoms with E-state index in [-0.39, 0.29) is 12.1 Å². The predicted molar refractivity (Wildman–Crippen MR) is 73.2 cm³/mol. The number of aliphatic hydroxyl groups excluding tert-OH is 1. The molecule has 1 rings (SSSR count). The van der Waals surface area contributed by atoms with Crippen molar-refractivity contribution in [3.63, 3.8) is 0 Å². The molecule has 1 fully saturated rings. The van der Waals surface area contributed by atoms with Crippen LogP contribution in [0.25, 0.3) is 0 Å². The van der Waals surface area contributed by atoms with Crippen LogP contribution in [0.3, 0.4) is 0 Å². The first-order chi connectivity index (χ1) is 8.00. The van der Waals surface area contributed by atoms with Gasteiger partial charge in [-0.15, -0.1) is 0 Å². The highest BCUT2D eigenvalue weighted by Crippen LogP contribution is 2.22. The molecule has 0 aromatic heterocycles. The molecule has 102 valence electrons. The Morgan fingerprint density at radius 2 is 2.24 bits per heavy atom. The van der Waals surface area contributed by atoms with Crippen molar-refractivity contribution in [2.45, 2.75) is 58.5 Å². The van der Waals surface area contributed by atoms with Crippen molar-refractivity contribution in [2.75, 3.05) is 26.2 Å². The van der Waals surface area contributed by atoms with Crippen molar-refractivity contribution < 1.29 is 5.11 Å². The van der Waals surface area contributed by atoms with Gasteiger partial charge in [0.05, 0.1) is 6.61 Å². The minimum absolute atomic E-state index is 0.124. The maximum atomic E-state index is 9.57. The van der Waals surface area contributed by atoms with Gasteiger partial charge in [0, 0.05) is 18.1 Å². The van der Waals surface area contributed by atoms with Gasteiger partial charge < -0.3 is 15.3 Å². The zero-order valence-corrected chi connectivity index (χ0v) is 12.0. The van der Waals surface area contributed by atoms with E-state index in [1.165, 1.54) is 19.5 Å². The number of aliphatic hydroxyl groups is 1. The molecule has 3 unspecified atom stereocenters. The summed E-state index contributed by atoms with van der Waals surface area (Å²) >= 11 is 0. The first-order valence-electron chi connectivity index (χ1n) is 7.10. The lowest BCUT2D eigenvalue weighted by molar-refractivity contribution is 0.124. The molecule has 0 radical (unpaired) electrons. The van der Waals surface area contributed by atoms with Gasteiger partial charge in [0.1, 0.15) is 0 Å². The zero-order chi connectivity index (χ0) is 12.9. The quantitative estimate of drug-likeness (QED) is 0.715. The summed E-state index contributed by atoms with van der Waals surface area (Å²) in [6.45, 7) is 12.6. The van der Waals surface area contributed by atoms with Crippen molar-refractivity contribution in [3.8, 4) is 0 Å². The fraction of sp³-hybridized carbons (Fsp3) is 1.00. The molecular formula is C14H30N2O. The molecule has 0 aromatic rings. The fourth-order valence-electron chi connectivity index (χ4n) is 2.77. The Labute approximate surface area is 107 Å². The maximum Gasteiger partial charge on any atom is 0.0611 e. The van der Waals surface area contributed by atoms with E-state index in [0.717, 1.165) is 25.3 Å². The van der Waals surface area contributed by atoms with E-state index in [1.807, 2.05) is 0 Å². The van der Waals surface area contributed by atoms with Crippen LogP contribution >= 0.6 is 0 Å². The largest absolute Gasteiger partial charge is 0.394 e. The Morgan fingerprint density at radius 3 is 2.71 bits per heavy atom. The summed E-state index contributed by atoms with van der Waals surface area (Å²) in [6.07, 6.45) is 3.46. The molecule has 1 heterocycles. The third-order valence-electron chi connectivity index (χ3n) is 3.98. The van der Waals surface area contributed by atoms with Gasteiger partial charge in [-0.2, -0.15) is 0 Å². The van der Waals surface area contributed by atoms with Gasteiger partial charge >= 0.3 is 0 Å². The second kappa shape index (κ2) is 6.72. The lowest BCUT2D eigenvalue weighted by Crippen LogP contribution is -2.50. The number of hydrogen-bond acceptors (Lipinski definition) is 3. The van der Waals surface area contributed by atoms with Gasteiger partial charge in [0.15, 0.2) is 0 Å². The van der Waals surface area contributed by atoms with Crippen LogP contribution in [0.5, 0.6) is 0 Å². The third kappa shape index (κ3) is 4.57. The molecule has 0 aliphatic carbocycles. The van der Waals surface area contributed by atoms with E-state index >= 15 is 0 Å². The third-order valence-corrected chi connectivity index (χ3v) is 3.98. The second-order valence-electron chi connectivity index (χ2n) is 6.09. The van der Waals surface area contributed by atoms with Gasteiger partial charge in [-0.25, -0.2) is 0 Å². The van der Waals surface area contributed by atoms with Crippen LogP contribution in [0.4, 0.5) is 0 Å². The SMILES string of the molecule is CCCNC(C)(CO)CC(C)N1CCC(C)C1. The molecule has 1 aliphatic rings. The first kappa shape index (κ1) is 14.9. The molecule has 0 amide bonds. The lowest BCUT2D eigenvalue weighted by atomic mass is 9.93. The standard InChI is InChI=1S/C14H30N2O/c1-5-7-15-14(4,11-17)9-13(3)16-8-6-12(2)10-16/h12-13,15,17H,5-11H2,1-4H3. The molecule has 0 saturated carbocycles. The normalized spacial score (nSPS) is 27.0. The Bertz CT molecular complexity index is 222. The van der Waals surface area contributed by atoms with E-state index in [9.17, 15) is 5.11 Å². The molecule has 0 spiro atoms. The number of likely N-dealkylation sites (tertiary alicyclic amines) is 1. The zero-order valence-electron chi connectivity index (χ0n) is 12.0. The summed E-state index contributed by atoms with van der Waals surface area (Å²) < 4.78 is 0. The fourth-order valence-corrected chi connectivity index (χ4v) is 2.77. The van der Waals surface area contributed by atoms with Gasteiger partial charge in [0.25, 0.3) is 0 Å². The van der Waals surface area contributed by atoms with Crippen molar-refractivity contribution in [1.82, 2.24) is 10.2 Å². The monoisotopic (exact) mass is 242 g/mol. The Kier molecular flexibility index (Phi) is 5.90. The topological polar surface area (TPSA) is 35.5 Å². The smallest absolute Gasteiger partial charge is 0.0611 e. The van der Waals surface area contributed by atoms with Crippen molar-refractivity contribution in [1.29, 1.82) is 0 Å². The highest BCUT2D eigenvalue weighted by Gasteiger charge is 2.30. The highest BCUT2D eigenvalue weighted by atomic mass is 16.3. The molecule has 3 heteroatoms. The average Bonchev–Trinajstić information content (AvgIpc) is 2.73. The van der Waals surface area contributed by atoms with Crippen LogP contribution in [0.2, 0.25) is 0 Å². The van der Waals surface area contributed by atoms with Gasteiger partial charge in [0.2, 0.25) is 0 Å². The van der Waals surface area contributed by atoms with Crippen molar-refractivity contribution in [2.24, 2.45) is 5.92 Å². The Morgan fingerprint density at radius 1 is 1.53 bits per heavy atom. The van der Waals surface area contributed by atoms with Crippen LogP contribution in [0.1, 0.15) is 47.0 Å². The summed E-state index contributed by atoms with van der Waals surface area (Å²) in [5.74, 6) is 0.835. The Hall–Kier alpha value is -0.120. The summed E-state index contributed by atoms with van der Waals surface area (Å²) in [4.78, 5) is 2.56. The van der Waals surface area contributed by atoms with Crippen LogP contribution in [-0.2, 0) is 0 Å². The molecule has 0 aromatic carbocycles. The van der Waals surface area contributed by atoms with E-state index in [0.29, 0.717) is 6.04 Å². The predicted octanol–water partition coefficient (Wildman–Crippen LogP) is 1.86. The molecule has 1 aliphatic heterocycles. The molecular weight excluding hydrogens is 212 g/mol. The number of nitrogens with zero attached hydrogens (tertiary/aromatic N) is 1. The molecule has 0 bridgehead atoms. The number of nitrogens with one attached hydrogen (secondary N) is 1. The summed E-state index contributed by atoms with van der Waals surface area (Å²) in [5.41, 5.74) is -0.124. The van der Waals surface area contributed by atoms with Crippen molar-refractivity contribution in [3.05, 3.63) is 0 Å². The Balaban J connectivity index is 2.43. The molecule has 17 heavy (non-hydrogen) atoms. The van der Waals surface area contributed by atoms with E-state index in [1.54, 1.807) is 0 Å². The molecule has 2 N–H and O–H groups in total. The summed E-state index contributed by atoms with van der Waals surface area (Å²) in [5, 5.41) is 13.1. The van der Waals surface area contributed by atoms with Crippen LogP contribution in [0.15, 0.2) is 0 Å². The van der Waals surface area contributed by atoms with Gasteiger partial charge in [-0.1, -0.05) is 13.8 Å². The minimum atomic E-state index is -0.124. The van der Waals surface area contributed by atoms with Crippen molar-refractivity contribution >= 4 is 0 Å². The molecule has 3 atom stereocenters. The number of hydrogen-bond donors (Lipinski definition) is 2. The highest BCUT2D eigenvalue weighted by molar-refractivity contribution is 4.88.